The van der Waals surface area contributed by atoms with E-state index in [1.165, 1.54) is 24.3 Å². The van der Waals surface area contributed by atoms with E-state index in [9.17, 15) is 26.4 Å². The third-order valence-corrected chi connectivity index (χ3v) is 5.51. The third kappa shape index (κ3) is 8.14. The molecular formula is C14H11Cl3O8S2. The fraction of sp³-hybridized carbons (Fsp3) is 0. The maximum Gasteiger partial charge on any atom is 0.335 e. The van der Waals surface area contributed by atoms with Gasteiger partial charge in [-0.25, -0.2) is 26.4 Å². The van der Waals surface area contributed by atoms with Crippen LogP contribution in [0.25, 0.3) is 0 Å². The average Bonchev–Trinajstić information content (AvgIpc) is 2.54. The van der Waals surface area contributed by atoms with Gasteiger partial charge in [-0.05, 0) is 48.5 Å². The van der Waals surface area contributed by atoms with Gasteiger partial charge in [-0.15, -0.1) is 12.4 Å². The van der Waals surface area contributed by atoms with Crippen LogP contribution in [0.1, 0.15) is 20.7 Å². The quantitative estimate of drug-likeness (QED) is 0.640. The first-order valence-electron chi connectivity index (χ1n) is 6.38. The zero-order valence-corrected chi connectivity index (χ0v) is 16.9. The van der Waals surface area contributed by atoms with Crippen LogP contribution in [0.5, 0.6) is 0 Å². The number of halogens is 3. The predicted octanol–water partition coefficient (Wildman–Crippen LogP) is 3.05. The van der Waals surface area contributed by atoms with Gasteiger partial charge in [0.2, 0.25) is 0 Å². The average molecular weight is 478 g/mol. The van der Waals surface area contributed by atoms with E-state index in [0.717, 1.165) is 24.3 Å². The van der Waals surface area contributed by atoms with Crippen molar-refractivity contribution in [1.29, 1.82) is 0 Å². The fourth-order valence-corrected chi connectivity index (χ4v) is 3.06. The van der Waals surface area contributed by atoms with E-state index in [0.29, 0.717) is 0 Å². The van der Waals surface area contributed by atoms with Gasteiger partial charge >= 0.3 is 11.9 Å². The summed E-state index contributed by atoms with van der Waals surface area (Å²) in [6, 6.07) is 9.29. The fourth-order valence-electron chi connectivity index (χ4n) is 1.52. The molecule has 0 radical (unpaired) electrons. The number of benzene rings is 2. The molecule has 0 unspecified atom stereocenters. The molecule has 0 fully saturated rings. The van der Waals surface area contributed by atoms with E-state index < -0.39 is 30.0 Å². The summed E-state index contributed by atoms with van der Waals surface area (Å²) in [5.41, 5.74) is 0.0353. The smallest absolute Gasteiger partial charge is 0.335 e. The Morgan fingerprint density at radius 2 is 0.852 bits per heavy atom. The Kier molecular flexibility index (Phi) is 9.23. The molecule has 0 saturated heterocycles. The Morgan fingerprint density at radius 3 is 1.00 bits per heavy atom. The topological polar surface area (TPSA) is 143 Å². The van der Waals surface area contributed by atoms with Crippen molar-refractivity contribution in [3.05, 3.63) is 59.7 Å². The van der Waals surface area contributed by atoms with Gasteiger partial charge in [0.1, 0.15) is 0 Å². The lowest BCUT2D eigenvalue weighted by Crippen LogP contribution is -1.97. The molecule has 0 aliphatic heterocycles. The van der Waals surface area contributed by atoms with Gasteiger partial charge in [-0.3, -0.25) is 0 Å². The Morgan fingerprint density at radius 1 is 0.630 bits per heavy atom. The normalized spacial score (nSPS) is 10.7. The predicted molar refractivity (Wildman–Crippen MR) is 100 cm³/mol. The minimum absolute atomic E-state index is 0. The molecule has 2 aromatic carbocycles. The second kappa shape index (κ2) is 9.90. The molecule has 2 aromatic rings. The van der Waals surface area contributed by atoms with Crippen molar-refractivity contribution in [2.24, 2.45) is 0 Å². The summed E-state index contributed by atoms with van der Waals surface area (Å²) >= 11 is 0. The van der Waals surface area contributed by atoms with E-state index in [1.54, 1.807) is 0 Å². The molecule has 0 aliphatic carbocycles. The molecule has 27 heavy (non-hydrogen) atoms. The van der Waals surface area contributed by atoms with Gasteiger partial charge in [0.25, 0.3) is 18.1 Å². The molecule has 13 heteroatoms. The first-order valence-corrected chi connectivity index (χ1v) is 11.0. The van der Waals surface area contributed by atoms with Crippen molar-refractivity contribution in [3.63, 3.8) is 0 Å². The van der Waals surface area contributed by atoms with Crippen molar-refractivity contribution in [2.75, 3.05) is 0 Å². The standard InChI is InChI=1S/2C7H5ClO4S.ClH/c2*8-13(11,12)6-3-1-5(2-4-6)7(9)10;/h2*1-4H,(H,9,10);1H. The monoisotopic (exact) mass is 476 g/mol. The summed E-state index contributed by atoms with van der Waals surface area (Å²) in [6.45, 7) is 0. The zero-order chi connectivity index (χ0) is 20.1. The number of carboxylic acid groups (broad SMARTS) is 2. The van der Waals surface area contributed by atoms with E-state index in [2.05, 4.69) is 0 Å². The van der Waals surface area contributed by atoms with Crippen LogP contribution in [-0.2, 0) is 18.1 Å². The first kappa shape index (κ1) is 25.2. The molecular weight excluding hydrogens is 467 g/mol. The minimum Gasteiger partial charge on any atom is -0.478 e. The molecule has 148 valence electrons. The highest BCUT2D eigenvalue weighted by Crippen LogP contribution is 2.15. The van der Waals surface area contributed by atoms with Crippen LogP contribution in [0.4, 0.5) is 0 Å². The van der Waals surface area contributed by atoms with Crippen molar-refractivity contribution < 1.29 is 36.6 Å². The molecule has 0 atom stereocenters. The molecule has 0 aromatic heterocycles. The maximum absolute atomic E-state index is 10.7. The van der Waals surface area contributed by atoms with Crippen LogP contribution in [0.2, 0.25) is 0 Å². The summed E-state index contributed by atoms with van der Waals surface area (Å²) in [7, 11) is 2.50. The highest BCUT2D eigenvalue weighted by molar-refractivity contribution is 8.14. The summed E-state index contributed by atoms with van der Waals surface area (Å²) in [6.07, 6.45) is 0. The number of aromatic carboxylic acids is 2. The van der Waals surface area contributed by atoms with Gasteiger partial charge in [-0.2, -0.15) is 0 Å². The molecule has 0 saturated carbocycles. The molecule has 2 rings (SSSR count). The van der Waals surface area contributed by atoms with E-state index in [1.807, 2.05) is 0 Å². The van der Waals surface area contributed by atoms with Crippen LogP contribution in [0.3, 0.4) is 0 Å². The number of carbonyl (C=O) groups is 2. The van der Waals surface area contributed by atoms with Crippen molar-refractivity contribution >= 4 is 63.8 Å². The van der Waals surface area contributed by atoms with Crippen LogP contribution in [0, 0.1) is 0 Å². The van der Waals surface area contributed by atoms with Gasteiger partial charge in [0.15, 0.2) is 0 Å². The van der Waals surface area contributed by atoms with Crippen molar-refractivity contribution in [2.45, 2.75) is 9.79 Å². The highest BCUT2D eigenvalue weighted by Gasteiger charge is 2.11. The largest absolute Gasteiger partial charge is 0.478 e. The van der Waals surface area contributed by atoms with Crippen molar-refractivity contribution in [1.82, 2.24) is 0 Å². The Hall–Kier alpha value is -1.85. The van der Waals surface area contributed by atoms with Crippen LogP contribution < -0.4 is 0 Å². The Balaban J connectivity index is 0.000000483. The van der Waals surface area contributed by atoms with E-state index >= 15 is 0 Å². The third-order valence-electron chi connectivity index (χ3n) is 2.77. The molecule has 0 spiro atoms. The Bertz CT molecular complexity index is 930. The lowest BCUT2D eigenvalue weighted by atomic mass is 10.2. The zero-order valence-electron chi connectivity index (χ0n) is 12.9. The number of hydrogen-bond acceptors (Lipinski definition) is 6. The Labute approximate surface area is 169 Å². The van der Waals surface area contributed by atoms with Crippen LogP contribution >= 0.6 is 33.8 Å². The minimum atomic E-state index is -3.77. The molecule has 0 bridgehead atoms. The number of hydrogen-bond donors (Lipinski definition) is 2. The number of carboxylic acids is 2. The molecule has 0 aliphatic rings. The highest BCUT2D eigenvalue weighted by atomic mass is 35.7. The molecule has 2 N–H and O–H groups in total. The molecule has 0 heterocycles. The second-order valence-electron chi connectivity index (χ2n) is 4.53. The molecule has 8 nitrogen and oxygen atoms in total. The SMILES string of the molecule is Cl.O=C(O)c1ccc(S(=O)(=O)Cl)cc1.O=C(O)c1ccc(S(=O)(=O)Cl)cc1. The van der Waals surface area contributed by atoms with Crippen LogP contribution in [0.15, 0.2) is 58.3 Å². The lowest BCUT2D eigenvalue weighted by molar-refractivity contribution is 0.0686. The maximum atomic E-state index is 10.7. The summed E-state index contributed by atoms with van der Waals surface area (Å²) in [5, 5.41) is 17.0. The van der Waals surface area contributed by atoms with Gasteiger partial charge < -0.3 is 10.2 Å². The number of rotatable bonds is 4. The van der Waals surface area contributed by atoms with E-state index in [4.69, 9.17) is 31.6 Å². The van der Waals surface area contributed by atoms with Gasteiger partial charge in [0, 0.05) is 21.4 Å². The first-order chi connectivity index (χ1) is 11.8. The van der Waals surface area contributed by atoms with Gasteiger partial charge in [-0.1, -0.05) is 0 Å². The lowest BCUT2D eigenvalue weighted by Gasteiger charge is -1.96. The summed E-state index contributed by atoms with van der Waals surface area (Å²) in [4.78, 5) is 20.5. The molecule has 0 amide bonds. The summed E-state index contributed by atoms with van der Waals surface area (Å²) < 4.78 is 42.9. The van der Waals surface area contributed by atoms with Gasteiger partial charge in [0.05, 0.1) is 20.9 Å². The second-order valence-corrected chi connectivity index (χ2v) is 9.67. The summed E-state index contributed by atoms with van der Waals surface area (Å²) in [5.74, 6) is -2.22. The van der Waals surface area contributed by atoms with Crippen molar-refractivity contribution in [3.8, 4) is 0 Å². The van der Waals surface area contributed by atoms with Crippen LogP contribution in [-0.4, -0.2) is 39.0 Å². The van der Waals surface area contributed by atoms with E-state index in [-0.39, 0.29) is 33.3 Å².